The maximum absolute atomic E-state index is 10.6. The molecule has 0 saturated heterocycles. The average Bonchev–Trinajstić information content (AvgIpc) is 2.14. The number of nitrogens with two attached hydrogens (primary N) is 1. The van der Waals surface area contributed by atoms with Gasteiger partial charge in [0.25, 0.3) is 0 Å². The van der Waals surface area contributed by atoms with Gasteiger partial charge in [-0.3, -0.25) is 4.79 Å². The summed E-state index contributed by atoms with van der Waals surface area (Å²) >= 11 is 11.6. The highest BCUT2D eigenvalue weighted by Crippen LogP contribution is 2.22. The maximum atomic E-state index is 10.6. The van der Waals surface area contributed by atoms with Gasteiger partial charge in [0, 0.05) is 19.0 Å². The Labute approximate surface area is 103 Å². The lowest BCUT2D eigenvalue weighted by molar-refractivity contribution is -0.118. The third-order valence-corrected chi connectivity index (χ3v) is 2.20. The Balaban J connectivity index is 2.77. The van der Waals surface area contributed by atoms with E-state index in [-0.39, 0.29) is 22.2 Å². The Morgan fingerprint density at radius 3 is 2.50 bits per heavy atom. The fourth-order valence-corrected chi connectivity index (χ4v) is 1.48. The second-order valence-corrected chi connectivity index (χ2v) is 3.63. The molecule has 0 aliphatic heterocycles. The molecule has 0 saturated carbocycles. The van der Waals surface area contributed by atoms with E-state index in [2.05, 4.69) is 15.3 Å². The van der Waals surface area contributed by atoms with Gasteiger partial charge in [0.2, 0.25) is 11.9 Å². The molecule has 86 valence electrons. The summed E-state index contributed by atoms with van der Waals surface area (Å²) in [6.45, 7) is 1.81. The van der Waals surface area contributed by atoms with Crippen molar-refractivity contribution in [1.29, 1.82) is 0 Å². The minimum atomic E-state index is -0.115. The van der Waals surface area contributed by atoms with Gasteiger partial charge in [0.05, 0.1) is 0 Å². The zero-order valence-corrected chi connectivity index (χ0v) is 10.0. The van der Waals surface area contributed by atoms with Crippen LogP contribution in [0.25, 0.3) is 6.08 Å². The van der Waals surface area contributed by atoms with E-state index < -0.39 is 0 Å². The molecule has 0 aromatic carbocycles. The van der Waals surface area contributed by atoms with Crippen LogP contribution < -0.4 is 11.1 Å². The van der Waals surface area contributed by atoms with Gasteiger partial charge in [-0.25, -0.2) is 9.97 Å². The van der Waals surface area contributed by atoms with Crippen molar-refractivity contribution in [1.82, 2.24) is 15.3 Å². The fourth-order valence-electron chi connectivity index (χ4n) is 0.949. The molecular formula is C9H10Cl2N4O. The largest absolute Gasteiger partial charge is 0.368 e. The molecular weight excluding hydrogens is 251 g/mol. The number of carbonyl (C=O) groups excluding carboxylic acids is 1. The number of nitrogen functional groups attached to an aromatic ring is 1. The summed E-state index contributed by atoms with van der Waals surface area (Å²) in [5, 5.41) is 2.94. The van der Waals surface area contributed by atoms with Crippen LogP contribution in [0.2, 0.25) is 10.3 Å². The highest BCUT2D eigenvalue weighted by molar-refractivity contribution is 6.35. The molecule has 1 amide bonds. The molecule has 0 aliphatic rings. The summed E-state index contributed by atoms with van der Waals surface area (Å²) in [6.07, 6.45) is 3.31. The zero-order chi connectivity index (χ0) is 12.1. The van der Waals surface area contributed by atoms with Crippen LogP contribution in [0.3, 0.4) is 0 Å². The minimum absolute atomic E-state index is 0.0222. The van der Waals surface area contributed by atoms with Crippen molar-refractivity contribution in [3.63, 3.8) is 0 Å². The average molecular weight is 261 g/mol. The molecule has 1 aromatic heterocycles. The van der Waals surface area contributed by atoms with E-state index in [4.69, 9.17) is 28.9 Å². The van der Waals surface area contributed by atoms with Gasteiger partial charge >= 0.3 is 0 Å². The lowest BCUT2D eigenvalue weighted by Gasteiger charge is -2.01. The van der Waals surface area contributed by atoms with E-state index in [0.29, 0.717) is 12.1 Å². The Kier molecular flexibility index (Phi) is 4.52. The first-order valence-corrected chi connectivity index (χ1v) is 5.15. The minimum Gasteiger partial charge on any atom is -0.368 e. The standard InChI is InChI=1S/C9H10Cl2N4O/c1-5(16)13-4-2-3-6-7(10)14-9(12)15-8(6)11/h2-3H,4H2,1H3,(H,13,16)(H2,12,14,15). The first-order valence-electron chi connectivity index (χ1n) is 4.40. The van der Waals surface area contributed by atoms with E-state index in [1.165, 1.54) is 6.92 Å². The molecule has 1 heterocycles. The number of nitrogens with zero attached hydrogens (tertiary/aromatic N) is 2. The fraction of sp³-hybridized carbons (Fsp3) is 0.222. The van der Waals surface area contributed by atoms with Crippen molar-refractivity contribution in [3.05, 3.63) is 21.9 Å². The van der Waals surface area contributed by atoms with Crippen molar-refractivity contribution in [2.75, 3.05) is 12.3 Å². The molecule has 0 spiro atoms. The number of aromatic nitrogens is 2. The van der Waals surface area contributed by atoms with Crippen LogP contribution in [0.4, 0.5) is 5.95 Å². The second-order valence-electron chi connectivity index (χ2n) is 2.92. The number of hydrogen-bond donors (Lipinski definition) is 2. The van der Waals surface area contributed by atoms with E-state index in [1.807, 2.05) is 0 Å². The van der Waals surface area contributed by atoms with Gasteiger partial charge in [-0.1, -0.05) is 35.4 Å². The molecule has 1 aromatic rings. The Hall–Kier alpha value is -1.33. The quantitative estimate of drug-likeness (QED) is 0.808. The van der Waals surface area contributed by atoms with Crippen LogP contribution in [-0.2, 0) is 4.79 Å². The third-order valence-electron chi connectivity index (χ3n) is 1.62. The van der Waals surface area contributed by atoms with Crippen LogP contribution in [0.15, 0.2) is 6.08 Å². The summed E-state index contributed by atoms with van der Waals surface area (Å²) in [6, 6.07) is 0. The Morgan fingerprint density at radius 2 is 2.00 bits per heavy atom. The normalized spacial score (nSPS) is 10.7. The van der Waals surface area contributed by atoms with E-state index in [9.17, 15) is 4.79 Å². The second kappa shape index (κ2) is 5.67. The Bertz CT molecular complexity index is 411. The number of halogens is 2. The molecule has 0 bridgehead atoms. The molecule has 0 unspecified atom stereocenters. The van der Waals surface area contributed by atoms with E-state index >= 15 is 0 Å². The molecule has 7 heteroatoms. The Morgan fingerprint density at radius 1 is 1.44 bits per heavy atom. The van der Waals surface area contributed by atoms with Crippen molar-refractivity contribution < 1.29 is 4.79 Å². The number of carbonyl (C=O) groups is 1. The van der Waals surface area contributed by atoms with Crippen molar-refractivity contribution >= 4 is 41.1 Å². The number of hydrogen-bond acceptors (Lipinski definition) is 4. The molecule has 0 atom stereocenters. The van der Waals surface area contributed by atoms with Crippen molar-refractivity contribution in [2.24, 2.45) is 0 Å². The molecule has 5 nitrogen and oxygen atoms in total. The molecule has 3 N–H and O–H groups in total. The summed E-state index contributed by atoms with van der Waals surface area (Å²) in [4.78, 5) is 18.1. The number of nitrogens with one attached hydrogen (secondary N) is 1. The first kappa shape index (κ1) is 12.7. The van der Waals surface area contributed by atoms with Gasteiger partial charge in [-0.05, 0) is 0 Å². The van der Waals surface area contributed by atoms with E-state index in [1.54, 1.807) is 12.2 Å². The molecule has 0 radical (unpaired) electrons. The van der Waals surface area contributed by atoms with Gasteiger partial charge < -0.3 is 11.1 Å². The molecule has 0 fully saturated rings. The van der Waals surface area contributed by atoms with Crippen molar-refractivity contribution in [2.45, 2.75) is 6.92 Å². The van der Waals surface area contributed by atoms with Gasteiger partial charge in [0.15, 0.2) is 0 Å². The monoisotopic (exact) mass is 260 g/mol. The topological polar surface area (TPSA) is 80.9 Å². The van der Waals surface area contributed by atoms with Crippen LogP contribution in [-0.4, -0.2) is 22.4 Å². The summed E-state index contributed by atoms with van der Waals surface area (Å²) < 4.78 is 0. The smallest absolute Gasteiger partial charge is 0.222 e. The van der Waals surface area contributed by atoms with E-state index in [0.717, 1.165) is 0 Å². The summed E-state index contributed by atoms with van der Waals surface area (Å²) in [5.41, 5.74) is 5.83. The van der Waals surface area contributed by atoms with Crippen molar-refractivity contribution in [3.8, 4) is 0 Å². The maximum Gasteiger partial charge on any atom is 0.222 e. The zero-order valence-electron chi connectivity index (χ0n) is 8.50. The number of amides is 1. The van der Waals surface area contributed by atoms with Gasteiger partial charge in [0.1, 0.15) is 10.3 Å². The third kappa shape index (κ3) is 3.67. The molecule has 16 heavy (non-hydrogen) atoms. The van der Waals surface area contributed by atoms with Crippen LogP contribution in [0.1, 0.15) is 12.5 Å². The highest BCUT2D eigenvalue weighted by atomic mass is 35.5. The SMILES string of the molecule is CC(=O)NCC=Cc1c(Cl)nc(N)nc1Cl. The lowest BCUT2D eigenvalue weighted by atomic mass is 10.3. The lowest BCUT2D eigenvalue weighted by Crippen LogP contribution is -2.19. The molecule has 0 aliphatic carbocycles. The predicted octanol–water partition coefficient (Wildman–Crippen LogP) is 1.51. The van der Waals surface area contributed by atoms with Gasteiger partial charge in [-0.15, -0.1) is 0 Å². The highest BCUT2D eigenvalue weighted by Gasteiger charge is 2.06. The van der Waals surface area contributed by atoms with Crippen LogP contribution in [0, 0.1) is 0 Å². The predicted molar refractivity (Wildman–Crippen MR) is 64.2 cm³/mol. The molecule has 1 rings (SSSR count). The summed E-state index contributed by atoms with van der Waals surface area (Å²) in [7, 11) is 0. The number of anilines is 1. The number of rotatable bonds is 3. The van der Waals surface area contributed by atoms with Gasteiger partial charge in [-0.2, -0.15) is 0 Å². The van der Waals surface area contributed by atoms with Crippen LogP contribution in [0.5, 0.6) is 0 Å². The summed E-state index contributed by atoms with van der Waals surface area (Å²) in [5.74, 6) is -0.0931. The first-order chi connectivity index (χ1) is 7.50. The van der Waals surface area contributed by atoms with Crippen LogP contribution >= 0.6 is 23.2 Å².